The first-order valence-corrected chi connectivity index (χ1v) is 7.89. The van der Waals surface area contributed by atoms with Gasteiger partial charge in [-0.2, -0.15) is 0 Å². The Kier molecular flexibility index (Phi) is 4.04. The lowest BCUT2D eigenvalue weighted by atomic mass is 10.1. The van der Waals surface area contributed by atoms with E-state index in [1.807, 2.05) is 0 Å². The molecule has 0 amide bonds. The summed E-state index contributed by atoms with van der Waals surface area (Å²) in [5.74, 6) is -0.406. The van der Waals surface area contributed by atoms with E-state index in [2.05, 4.69) is 4.98 Å². The fraction of sp³-hybridized carbons (Fsp3) is 0.214. The Morgan fingerprint density at radius 1 is 1.20 bits per heavy atom. The zero-order valence-corrected chi connectivity index (χ0v) is 12.0. The molecule has 0 radical (unpaired) electrons. The van der Waals surface area contributed by atoms with Gasteiger partial charge in [0.25, 0.3) is 0 Å². The van der Waals surface area contributed by atoms with Crippen molar-refractivity contribution in [1.29, 1.82) is 0 Å². The molecule has 2 aromatic rings. The van der Waals surface area contributed by atoms with Gasteiger partial charge >= 0.3 is 0 Å². The van der Waals surface area contributed by atoms with E-state index in [0.29, 0.717) is 5.69 Å². The highest BCUT2D eigenvalue weighted by Crippen LogP contribution is 2.29. The molecular formula is C14H15FN2O2S. The Hall–Kier alpha value is -1.95. The van der Waals surface area contributed by atoms with E-state index in [1.165, 1.54) is 28.6 Å². The van der Waals surface area contributed by atoms with Gasteiger partial charge in [0.2, 0.25) is 10.0 Å². The molecule has 0 aliphatic rings. The Morgan fingerprint density at radius 3 is 2.35 bits per heavy atom. The Morgan fingerprint density at radius 2 is 1.85 bits per heavy atom. The average molecular weight is 294 g/mol. The maximum Gasteiger partial charge on any atom is 0.232 e. The molecule has 0 spiro atoms. The second-order valence-electron chi connectivity index (χ2n) is 4.50. The van der Waals surface area contributed by atoms with Gasteiger partial charge in [-0.25, -0.2) is 12.8 Å². The van der Waals surface area contributed by atoms with E-state index in [0.717, 1.165) is 11.8 Å². The third-order valence-corrected chi connectivity index (χ3v) is 4.20. The first-order valence-electron chi connectivity index (χ1n) is 6.04. The lowest BCUT2D eigenvalue weighted by Gasteiger charge is -2.29. The summed E-state index contributed by atoms with van der Waals surface area (Å²) < 4.78 is 38.3. The van der Waals surface area contributed by atoms with Gasteiger partial charge in [0.15, 0.2) is 0 Å². The molecule has 0 aliphatic heterocycles. The van der Waals surface area contributed by atoms with Crippen molar-refractivity contribution >= 4 is 15.7 Å². The van der Waals surface area contributed by atoms with Crippen LogP contribution in [0.3, 0.4) is 0 Å². The SMILES string of the molecule is CC(c1cccnc1)N(c1ccc(F)cc1)S(C)(=O)=O. The monoisotopic (exact) mass is 294 g/mol. The van der Waals surface area contributed by atoms with Gasteiger partial charge in [0.1, 0.15) is 5.82 Å². The first kappa shape index (κ1) is 14.5. The van der Waals surface area contributed by atoms with Gasteiger partial charge < -0.3 is 0 Å². The number of halogens is 1. The summed E-state index contributed by atoms with van der Waals surface area (Å²) in [6.07, 6.45) is 4.37. The van der Waals surface area contributed by atoms with Crippen molar-refractivity contribution < 1.29 is 12.8 Å². The van der Waals surface area contributed by atoms with Crippen LogP contribution in [-0.2, 0) is 10.0 Å². The van der Waals surface area contributed by atoms with Crippen LogP contribution in [0.5, 0.6) is 0 Å². The molecule has 106 valence electrons. The summed E-state index contributed by atoms with van der Waals surface area (Å²) in [5, 5.41) is 0. The molecule has 4 nitrogen and oxygen atoms in total. The maximum absolute atomic E-state index is 13.0. The predicted octanol–water partition coefficient (Wildman–Crippen LogP) is 2.75. The Bertz CT molecular complexity index is 672. The zero-order chi connectivity index (χ0) is 14.8. The lowest BCUT2D eigenvalue weighted by molar-refractivity contribution is 0.588. The van der Waals surface area contributed by atoms with Crippen molar-refractivity contribution in [3.05, 3.63) is 60.2 Å². The molecule has 0 aliphatic carbocycles. The van der Waals surface area contributed by atoms with Crippen molar-refractivity contribution in [2.24, 2.45) is 0 Å². The Balaban J connectivity index is 2.46. The normalized spacial score (nSPS) is 12.9. The van der Waals surface area contributed by atoms with E-state index >= 15 is 0 Å². The highest BCUT2D eigenvalue weighted by atomic mass is 32.2. The quantitative estimate of drug-likeness (QED) is 0.871. The topological polar surface area (TPSA) is 50.3 Å². The number of aromatic nitrogens is 1. The van der Waals surface area contributed by atoms with Crippen LogP contribution in [0.4, 0.5) is 10.1 Å². The van der Waals surface area contributed by atoms with E-state index in [4.69, 9.17) is 0 Å². The number of sulfonamides is 1. The number of nitrogens with zero attached hydrogens (tertiary/aromatic N) is 2. The van der Waals surface area contributed by atoms with Crippen molar-refractivity contribution in [2.75, 3.05) is 10.6 Å². The van der Waals surface area contributed by atoms with Crippen LogP contribution in [0.2, 0.25) is 0 Å². The average Bonchev–Trinajstić information content (AvgIpc) is 2.41. The summed E-state index contributed by atoms with van der Waals surface area (Å²) in [6.45, 7) is 1.77. The van der Waals surface area contributed by atoms with Crippen LogP contribution in [0, 0.1) is 5.82 Å². The summed E-state index contributed by atoms with van der Waals surface area (Å²) >= 11 is 0. The number of pyridine rings is 1. The van der Waals surface area contributed by atoms with Crippen LogP contribution in [0.1, 0.15) is 18.5 Å². The lowest BCUT2D eigenvalue weighted by Crippen LogP contribution is -2.32. The van der Waals surface area contributed by atoms with E-state index in [1.54, 1.807) is 31.5 Å². The molecule has 1 aromatic carbocycles. The number of hydrogen-bond donors (Lipinski definition) is 0. The maximum atomic E-state index is 13.0. The fourth-order valence-corrected chi connectivity index (χ4v) is 3.25. The highest BCUT2D eigenvalue weighted by molar-refractivity contribution is 7.92. The predicted molar refractivity (Wildman–Crippen MR) is 76.4 cm³/mol. The number of rotatable bonds is 4. The van der Waals surface area contributed by atoms with Gasteiger partial charge in [-0.1, -0.05) is 6.07 Å². The van der Waals surface area contributed by atoms with Crippen molar-refractivity contribution in [2.45, 2.75) is 13.0 Å². The van der Waals surface area contributed by atoms with Crippen molar-refractivity contribution in [3.63, 3.8) is 0 Å². The van der Waals surface area contributed by atoms with Crippen molar-refractivity contribution in [3.8, 4) is 0 Å². The van der Waals surface area contributed by atoms with Crippen molar-refractivity contribution in [1.82, 2.24) is 4.98 Å². The van der Waals surface area contributed by atoms with E-state index < -0.39 is 21.9 Å². The molecule has 20 heavy (non-hydrogen) atoms. The van der Waals surface area contributed by atoms with E-state index in [9.17, 15) is 12.8 Å². The molecule has 0 N–H and O–H groups in total. The summed E-state index contributed by atoms with van der Waals surface area (Å²) in [5.41, 5.74) is 1.19. The van der Waals surface area contributed by atoms with Gasteiger partial charge in [-0.3, -0.25) is 9.29 Å². The van der Waals surface area contributed by atoms with Crippen LogP contribution in [0.25, 0.3) is 0 Å². The number of hydrogen-bond acceptors (Lipinski definition) is 3. The molecule has 0 fully saturated rings. The third kappa shape index (κ3) is 3.14. The molecule has 6 heteroatoms. The molecule has 1 heterocycles. The van der Waals surface area contributed by atoms with Crippen LogP contribution in [-0.4, -0.2) is 19.7 Å². The molecule has 2 rings (SSSR count). The molecule has 0 saturated carbocycles. The van der Waals surface area contributed by atoms with Crippen LogP contribution < -0.4 is 4.31 Å². The second-order valence-corrected chi connectivity index (χ2v) is 6.36. The fourth-order valence-electron chi connectivity index (χ4n) is 2.05. The molecule has 0 bridgehead atoms. The number of benzene rings is 1. The minimum Gasteiger partial charge on any atom is -0.264 e. The standard InChI is InChI=1S/C14H15FN2O2S/c1-11(12-4-3-9-16-10-12)17(20(2,18)19)14-7-5-13(15)6-8-14/h3-11H,1-2H3. The molecule has 1 unspecified atom stereocenters. The van der Waals surface area contributed by atoms with Crippen LogP contribution >= 0.6 is 0 Å². The number of anilines is 1. The molecule has 1 aromatic heterocycles. The minimum absolute atomic E-state index is 0.406. The molecular weight excluding hydrogens is 279 g/mol. The molecule has 0 saturated heterocycles. The van der Waals surface area contributed by atoms with Crippen LogP contribution in [0.15, 0.2) is 48.8 Å². The van der Waals surface area contributed by atoms with Gasteiger partial charge in [-0.05, 0) is 42.8 Å². The second kappa shape index (κ2) is 5.58. The molecule has 1 atom stereocenters. The first-order chi connectivity index (χ1) is 9.39. The van der Waals surface area contributed by atoms with Gasteiger partial charge in [0.05, 0.1) is 18.0 Å². The minimum atomic E-state index is -3.50. The van der Waals surface area contributed by atoms with Gasteiger partial charge in [-0.15, -0.1) is 0 Å². The Labute approximate surface area is 117 Å². The van der Waals surface area contributed by atoms with Gasteiger partial charge in [0, 0.05) is 12.4 Å². The summed E-state index contributed by atoms with van der Waals surface area (Å²) in [4.78, 5) is 4.00. The third-order valence-electron chi connectivity index (χ3n) is 2.96. The zero-order valence-electron chi connectivity index (χ0n) is 11.2. The highest BCUT2D eigenvalue weighted by Gasteiger charge is 2.25. The van der Waals surface area contributed by atoms with E-state index in [-0.39, 0.29) is 0 Å². The summed E-state index contributed by atoms with van der Waals surface area (Å²) in [7, 11) is -3.50. The smallest absolute Gasteiger partial charge is 0.232 e. The largest absolute Gasteiger partial charge is 0.264 e. The summed E-state index contributed by atoms with van der Waals surface area (Å²) in [6, 6.07) is 8.50.